The molecule has 6 nitrogen and oxygen atoms in total. The van der Waals surface area contributed by atoms with Crippen LogP contribution in [0.3, 0.4) is 0 Å². The number of fused-ring (bicyclic) bond motifs is 5. The first kappa shape index (κ1) is 19.6. The van der Waals surface area contributed by atoms with Gasteiger partial charge in [-0.05, 0) is 30.2 Å². The van der Waals surface area contributed by atoms with E-state index in [0.717, 1.165) is 16.7 Å². The van der Waals surface area contributed by atoms with E-state index in [1.807, 2.05) is 49.4 Å². The monoisotopic (exact) mass is 435 g/mol. The van der Waals surface area contributed by atoms with Gasteiger partial charge in [-0.1, -0.05) is 72.3 Å². The number of imide groups is 1. The number of hydrazone groups is 1. The van der Waals surface area contributed by atoms with Gasteiger partial charge in [-0.15, -0.1) is 0 Å². The average molecular weight is 435 g/mol. The van der Waals surface area contributed by atoms with Crippen LogP contribution in [0.5, 0.6) is 0 Å². The molecule has 3 aromatic carbocycles. The van der Waals surface area contributed by atoms with Crippen LogP contribution in [-0.4, -0.2) is 34.9 Å². The van der Waals surface area contributed by atoms with E-state index in [1.165, 1.54) is 4.90 Å². The summed E-state index contributed by atoms with van der Waals surface area (Å²) >= 11 is 0. The van der Waals surface area contributed by atoms with Crippen LogP contribution < -0.4 is 4.90 Å². The Morgan fingerprint density at radius 2 is 1.48 bits per heavy atom. The van der Waals surface area contributed by atoms with E-state index in [9.17, 15) is 14.4 Å². The molecule has 0 spiro atoms. The minimum absolute atomic E-state index is 0.194. The molecule has 2 fully saturated rings. The summed E-state index contributed by atoms with van der Waals surface area (Å²) in [4.78, 5) is 42.5. The van der Waals surface area contributed by atoms with Gasteiger partial charge in [0.2, 0.25) is 11.8 Å². The molecule has 0 unspecified atom stereocenters. The zero-order valence-corrected chi connectivity index (χ0v) is 18.0. The molecular formula is C27H21N3O3. The number of carbonyl (C=O) groups is 3. The van der Waals surface area contributed by atoms with Crippen molar-refractivity contribution in [2.45, 2.75) is 19.0 Å². The van der Waals surface area contributed by atoms with Gasteiger partial charge in [0.1, 0.15) is 6.04 Å². The number of carbonyl (C=O) groups excluding carboxylic acids is 3. The topological polar surface area (TPSA) is 70.0 Å². The Balaban J connectivity index is 1.50. The molecule has 0 aliphatic carbocycles. The van der Waals surface area contributed by atoms with Crippen molar-refractivity contribution in [2.24, 2.45) is 16.9 Å². The van der Waals surface area contributed by atoms with Crippen molar-refractivity contribution in [3.63, 3.8) is 0 Å². The summed E-state index contributed by atoms with van der Waals surface area (Å²) in [5.74, 6) is -2.31. The van der Waals surface area contributed by atoms with Gasteiger partial charge in [-0.25, -0.2) is 4.90 Å². The van der Waals surface area contributed by atoms with Crippen molar-refractivity contribution >= 4 is 29.5 Å². The van der Waals surface area contributed by atoms with E-state index >= 15 is 0 Å². The van der Waals surface area contributed by atoms with Crippen LogP contribution in [-0.2, 0) is 9.59 Å². The molecule has 3 aliphatic heterocycles. The van der Waals surface area contributed by atoms with Crippen molar-refractivity contribution in [1.29, 1.82) is 0 Å². The van der Waals surface area contributed by atoms with Crippen molar-refractivity contribution in [3.8, 4) is 0 Å². The Kier molecular flexibility index (Phi) is 4.30. The van der Waals surface area contributed by atoms with Crippen LogP contribution >= 0.6 is 0 Å². The highest BCUT2D eigenvalue weighted by atomic mass is 16.2. The molecule has 0 saturated carbocycles. The van der Waals surface area contributed by atoms with Crippen LogP contribution in [0.2, 0.25) is 0 Å². The minimum Gasteiger partial charge on any atom is -0.292 e. The van der Waals surface area contributed by atoms with Gasteiger partial charge in [0.05, 0.1) is 29.8 Å². The zero-order chi connectivity index (χ0) is 22.7. The van der Waals surface area contributed by atoms with Gasteiger partial charge in [0.25, 0.3) is 0 Å². The molecule has 3 aliphatic rings. The molecule has 3 aromatic rings. The third kappa shape index (κ3) is 2.80. The first-order valence-corrected chi connectivity index (χ1v) is 11.0. The van der Waals surface area contributed by atoms with Crippen LogP contribution in [0.25, 0.3) is 0 Å². The summed E-state index contributed by atoms with van der Waals surface area (Å²) in [5.41, 5.74) is 3.90. The molecule has 6 heteroatoms. The Labute approximate surface area is 191 Å². The quantitative estimate of drug-likeness (QED) is 0.464. The maximum absolute atomic E-state index is 13.8. The SMILES string of the molecule is Cc1ccc(C(=O)[C@@H]2[C@@H]3C(=O)N(c4ccccc4)C(=O)[C@@H]3[C@@H]3c4ccccc4C=NN23)cc1. The lowest BCUT2D eigenvalue weighted by atomic mass is 9.83. The Bertz CT molecular complexity index is 1320. The summed E-state index contributed by atoms with van der Waals surface area (Å²) in [6, 6.07) is 22.6. The molecular weight excluding hydrogens is 414 g/mol. The third-order valence-corrected chi connectivity index (χ3v) is 6.91. The van der Waals surface area contributed by atoms with E-state index in [2.05, 4.69) is 5.10 Å². The Morgan fingerprint density at radius 1 is 0.818 bits per heavy atom. The second-order valence-electron chi connectivity index (χ2n) is 8.77. The maximum atomic E-state index is 13.8. The predicted octanol–water partition coefficient (Wildman–Crippen LogP) is 3.76. The number of anilines is 1. The fraction of sp³-hybridized carbons (Fsp3) is 0.185. The normalized spacial score (nSPS) is 25.1. The standard InChI is InChI=1S/C27H21N3O3/c1-16-11-13-17(14-12-16)25(31)24-22-21(23-20-10-6-5-7-18(20)15-28-30(23)24)26(32)29(27(22)33)19-8-3-2-4-9-19/h2-15,21-24H,1H3/t21-,22+,23-,24-/m0/s1. The number of Topliss-reactive ketones (excluding diaryl/α,β-unsaturated/α-hetero) is 1. The second-order valence-corrected chi connectivity index (χ2v) is 8.77. The minimum atomic E-state index is -0.850. The summed E-state index contributed by atoms with van der Waals surface area (Å²) in [7, 11) is 0. The van der Waals surface area contributed by atoms with Gasteiger partial charge < -0.3 is 0 Å². The van der Waals surface area contributed by atoms with E-state index in [-0.39, 0.29) is 17.6 Å². The summed E-state index contributed by atoms with van der Waals surface area (Å²) in [5, 5.41) is 6.28. The van der Waals surface area contributed by atoms with E-state index in [0.29, 0.717) is 11.3 Å². The highest BCUT2D eigenvalue weighted by Crippen LogP contribution is 2.53. The Hall–Kier alpha value is -4.06. The first-order valence-electron chi connectivity index (χ1n) is 11.0. The van der Waals surface area contributed by atoms with Gasteiger partial charge in [-0.2, -0.15) is 5.10 Å². The predicted molar refractivity (Wildman–Crippen MR) is 124 cm³/mol. The van der Waals surface area contributed by atoms with Gasteiger partial charge in [-0.3, -0.25) is 19.4 Å². The van der Waals surface area contributed by atoms with Gasteiger partial charge in [0, 0.05) is 5.56 Å². The lowest BCUT2D eigenvalue weighted by Crippen LogP contribution is -2.44. The molecule has 0 aromatic heterocycles. The zero-order valence-electron chi connectivity index (χ0n) is 18.0. The third-order valence-electron chi connectivity index (χ3n) is 6.91. The molecule has 0 radical (unpaired) electrons. The number of ketones is 1. The van der Waals surface area contributed by atoms with Crippen LogP contribution in [0.4, 0.5) is 5.69 Å². The fourth-order valence-electron chi connectivity index (χ4n) is 5.39. The molecule has 0 N–H and O–H groups in total. The number of benzene rings is 3. The maximum Gasteiger partial charge on any atom is 0.240 e. The van der Waals surface area contributed by atoms with Crippen LogP contribution in [0.15, 0.2) is 84.0 Å². The molecule has 2 amide bonds. The fourth-order valence-corrected chi connectivity index (χ4v) is 5.39. The summed E-state index contributed by atoms with van der Waals surface area (Å²) in [6.45, 7) is 1.96. The Morgan fingerprint density at radius 3 is 2.24 bits per heavy atom. The molecule has 3 heterocycles. The first-order chi connectivity index (χ1) is 16.1. The highest BCUT2D eigenvalue weighted by molar-refractivity contribution is 6.24. The van der Waals surface area contributed by atoms with Crippen LogP contribution in [0, 0.1) is 18.8 Å². The van der Waals surface area contributed by atoms with E-state index in [1.54, 1.807) is 47.6 Å². The van der Waals surface area contributed by atoms with E-state index in [4.69, 9.17) is 0 Å². The molecule has 162 valence electrons. The lowest BCUT2D eigenvalue weighted by Gasteiger charge is -2.33. The summed E-state index contributed by atoms with van der Waals surface area (Å²) < 4.78 is 0. The highest BCUT2D eigenvalue weighted by Gasteiger charge is 2.65. The number of hydrogen-bond acceptors (Lipinski definition) is 5. The smallest absolute Gasteiger partial charge is 0.240 e. The molecule has 6 rings (SSSR count). The molecule has 0 bridgehead atoms. The van der Waals surface area contributed by atoms with Crippen molar-refractivity contribution < 1.29 is 14.4 Å². The second kappa shape index (κ2) is 7.24. The average Bonchev–Trinajstić information content (AvgIpc) is 3.32. The van der Waals surface area contributed by atoms with Crippen molar-refractivity contribution in [1.82, 2.24) is 5.01 Å². The number of hydrogen-bond donors (Lipinski definition) is 0. The largest absolute Gasteiger partial charge is 0.292 e. The lowest BCUT2D eigenvalue weighted by molar-refractivity contribution is -0.124. The van der Waals surface area contributed by atoms with Crippen LogP contribution in [0.1, 0.15) is 33.1 Å². The van der Waals surface area contributed by atoms with Crippen molar-refractivity contribution in [3.05, 3.63) is 101 Å². The van der Waals surface area contributed by atoms with E-state index < -0.39 is 23.9 Å². The molecule has 4 atom stereocenters. The van der Waals surface area contributed by atoms with Gasteiger partial charge in [0.15, 0.2) is 5.78 Å². The number of aryl methyl sites for hydroxylation is 1. The number of amides is 2. The number of rotatable bonds is 3. The van der Waals surface area contributed by atoms with Gasteiger partial charge >= 0.3 is 0 Å². The summed E-state index contributed by atoms with van der Waals surface area (Å²) in [6.07, 6.45) is 1.71. The number of para-hydroxylation sites is 1. The molecule has 33 heavy (non-hydrogen) atoms. The molecule has 2 saturated heterocycles. The number of nitrogens with zero attached hydrogens (tertiary/aromatic N) is 3. The van der Waals surface area contributed by atoms with Crippen molar-refractivity contribution in [2.75, 3.05) is 4.90 Å².